The minimum Gasteiger partial charge on any atom is -0.488 e. The summed E-state index contributed by atoms with van der Waals surface area (Å²) in [6.45, 7) is 4.52. The summed E-state index contributed by atoms with van der Waals surface area (Å²) in [7, 11) is 0. The first-order chi connectivity index (χ1) is 9.70. The van der Waals surface area contributed by atoms with Crippen LogP contribution in [0.5, 0.6) is 5.75 Å². The molecule has 0 aliphatic carbocycles. The summed E-state index contributed by atoms with van der Waals surface area (Å²) in [4.78, 5) is 0. The first-order valence-electron chi connectivity index (χ1n) is 6.56. The number of hydrogen-bond donors (Lipinski definition) is 1. The van der Waals surface area contributed by atoms with Crippen molar-refractivity contribution < 1.29 is 4.74 Å². The molecule has 2 aromatic rings. The van der Waals surface area contributed by atoms with Crippen molar-refractivity contribution in [3.63, 3.8) is 0 Å². The molecule has 2 rings (SSSR count). The van der Waals surface area contributed by atoms with E-state index < -0.39 is 0 Å². The molecule has 0 heterocycles. The lowest BCUT2D eigenvalue weighted by Crippen LogP contribution is -2.14. The average molecular weight is 399 g/mol. The van der Waals surface area contributed by atoms with Crippen LogP contribution in [0.25, 0.3) is 0 Å². The molecular formula is C16H17Br2NO. The first-order valence-corrected chi connectivity index (χ1v) is 8.14. The van der Waals surface area contributed by atoms with E-state index in [1.54, 1.807) is 0 Å². The highest BCUT2D eigenvalue weighted by molar-refractivity contribution is 9.11. The van der Waals surface area contributed by atoms with Gasteiger partial charge in [0.2, 0.25) is 0 Å². The standard InChI is InChI=1S/C16H17Br2NO/c1-2-19-10-12-5-3-4-6-13(12)11-20-16-8-7-14(17)9-15(16)18/h3-9,19H,2,10-11H2,1H3. The second kappa shape index (κ2) is 7.81. The van der Waals surface area contributed by atoms with E-state index in [0.29, 0.717) is 6.61 Å². The van der Waals surface area contributed by atoms with Crippen molar-refractivity contribution in [3.05, 3.63) is 62.5 Å². The highest BCUT2D eigenvalue weighted by Gasteiger charge is 2.05. The van der Waals surface area contributed by atoms with Crippen LogP contribution in [0.4, 0.5) is 0 Å². The van der Waals surface area contributed by atoms with Crippen LogP contribution in [-0.4, -0.2) is 6.54 Å². The van der Waals surface area contributed by atoms with Gasteiger partial charge in [0, 0.05) is 11.0 Å². The zero-order valence-electron chi connectivity index (χ0n) is 11.3. The summed E-state index contributed by atoms with van der Waals surface area (Å²) >= 11 is 6.95. The summed E-state index contributed by atoms with van der Waals surface area (Å²) in [6.07, 6.45) is 0. The maximum atomic E-state index is 5.90. The molecule has 4 heteroatoms. The van der Waals surface area contributed by atoms with Crippen molar-refractivity contribution in [3.8, 4) is 5.75 Å². The maximum absolute atomic E-state index is 5.90. The minimum atomic E-state index is 0.571. The Morgan fingerprint density at radius 3 is 2.50 bits per heavy atom. The van der Waals surface area contributed by atoms with Crippen molar-refractivity contribution in [1.82, 2.24) is 5.32 Å². The molecule has 0 bridgehead atoms. The third-order valence-corrected chi connectivity index (χ3v) is 4.07. The molecule has 0 aliphatic heterocycles. The van der Waals surface area contributed by atoms with Gasteiger partial charge in [0.05, 0.1) is 4.47 Å². The molecule has 0 spiro atoms. The molecular weight excluding hydrogens is 382 g/mol. The smallest absolute Gasteiger partial charge is 0.134 e. The molecule has 1 N–H and O–H groups in total. The highest BCUT2D eigenvalue weighted by atomic mass is 79.9. The molecule has 2 aromatic carbocycles. The molecule has 20 heavy (non-hydrogen) atoms. The molecule has 106 valence electrons. The number of rotatable bonds is 6. The van der Waals surface area contributed by atoms with E-state index in [2.05, 4.69) is 62.3 Å². The molecule has 0 amide bonds. The van der Waals surface area contributed by atoms with E-state index in [-0.39, 0.29) is 0 Å². The molecule has 2 nitrogen and oxygen atoms in total. The minimum absolute atomic E-state index is 0.571. The van der Waals surface area contributed by atoms with Gasteiger partial charge in [-0.25, -0.2) is 0 Å². The quantitative estimate of drug-likeness (QED) is 0.747. The number of ether oxygens (including phenoxy) is 1. The Labute approximate surface area is 136 Å². The summed E-state index contributed by atoms with van der Waals surface area (Å²) in [5.41, 5.74) is 2.49. The molecule has 0 aliphatic rings. The van der Waals surface area contributed by atoms with Gasteiger partial charge in [0.1, 0.15) is 12.4 Å². The van der Waals surface area contributed by atoms with Crippen molar-refractivity contribution in [2.75, 3.05) is 6.54 Å². The zero-order chi connectivity index (χ0) is 14.4. The topological polar surface area (TPSA) is 21.3 Å². The third-order valence-electron chi connectivity index (χ3n) is 2.96. The molecule has 0 fully saturated rings. The number of nitrogens with one attached hydrogen (secondary N) is 1. The van der Waals surface area contributed by atoms with Crippen LogP contribution in [0.15, 0.2) is 51.4 Å². The van der Waals surface area contributed by atoms with Crippen LogP contribution >= 0.6 is 31.9 Å². The van der Waals surface area contributed by atoms with Crippen molar-refractivity contribution >= 4 is 31.9 Å². The Morgan fingerprint density at radius 1 is 1.05 bits per heavy atom. The zero-order valence-corrected chi connectivity index (χ0v) is 14.5. The molecule has 0 saturated heterocycles. The van der Waals surface area contributed by atoms with E-state index in [1.807, 2.05) is 24.3 Å². The van der Waals surface area contributed by atoms with Gasteiger partial charge in [-0.15, -0.1) is 0 Å². The average Bonchev–Trinajstić information content (AvgIpc) is 2.45. The first kappa shape index (κ1) is 15.5. The fourth-order valence-electron chi connectivity index (χ4n) is 1.88. The number of benzene rings is 2. The van der Waals surface area contributed by atoms with E-state index in [1.165, 1.54) is 11.1 Å². The lowest BCUT2D eigenvalue weighted by molar-refractivity contribution is 0.302. The van der Waals surface area contributed by atoms with E-state index in [0.717, 1.165) is 27.8 Å². The predicted molar refractivity (Wildman–Crippen MR) is 90.0 cm³/mol. The Morgan fingerprint density at radius 2 is 1.80 bits per heavy atom. The molecule has 0 atom stereocenters. The lowest BCUT2D eigenvalue weighted by Gasteiger charge is -2.12. The lowest BCUT2D eigenvalue weighted by atomic mass is 10.1. The van der Waals surface area contributed by atoms with Crippen LogP contribution in [0.2, 0.25) is 0 Å². The molecule has 0 unspecified atom stereocenters. The monoisotopic (exact) mass is 397 g/mol. The fraction of sp³-hybridized carbons (Fsp3) is 0.250. The molecule has 0 saturated carbocycles. The normalized spacial score (nSPS) is 10.6. The van der Waals surface area contributed by atoms with Crippen molar-refractivity contribution in [2.45, 2.75) is 20.1 Å². The van der Waals surface area contributed by atoms with Crippen LogP contribution in [0.1, 0.15) is 18.1 Å². The Balaban J connectivity index is 2.06. The Hall–Kier alpha value is -0.840. The van der Waals surface area contributed by atoms with Gasteiger partial charge in [-0.2, -0.15) is 0 Å². The van der Waals surface area contributed by atoms with Gasteiger partial charge in [-0.1, -0.05) is 47.1 Å². The summed E-state index contributed by atoms with van der Waals surface area (Å²) in [5, 5.41) is 3.35. The largest absolute Gasteiger partial charge is 0.488 e. The summed E-state index contributed by atoms with van der Waals surface area (Å²) < 4.78 is 7.89. The summed E-state index contributed by atoms with van der Waals surface area (Å²) in [6, 6.07) is 14.3. The second-order valence-corrected chi connectivity index (χ2v) is 6.18. The predicted octanol–water partition coefficient (Wildman–Crippen LogP) is 4.90. The van der Waals surface area contributed by atoms with Gasteiger partial charge >= 0.3 is 0 Å². The van der Waals surface area contributed by atoms with Crippen LogP contribution in [0.3, 0.4) is 0 Å². The van der Waals surface area contributed by atoms with Gasteiger partial charge in [-0.05, 0) is 51.8 Å². The molecule has 0 aromatic heterocycles. The number of halogens is 2. The van der Waals surface area contributed by atoms with Gasteiger partial charge in [-0.3, -0.25) is 0 Å². The van der Waals surface area contributed by atoms with Crippen LogP contribution in [0, 0.1) is 0 Å². The fourth-order valence-corrected chi connectivity index (χ4v) is 3.04. The molecule has 0 radical (unpaired) electrons. The van der Waals surface area contributed by atoms with Crippen molar-refractivity contribution in [1.29, 1.82) is 0 Å². The maximum Gasteiger partial charge on any atom is 0.134 e. The van der Waals surface area contributed by atoms with E-state index in [4.69, 9.17) is 4.74 Å². The highest BCUT2D eigenvalue weighted by Crippen LogP contribution is 2.29. The second-order valence-electron chi connectivity index (χ2n) is 4.41. The SMILES string of the molecule is CCNCc1ccccc1COc1ccc(Br)cc1Br. The Bertz CT molecular complexity index is 572. The van der Waals surface area contributed by atoms with E-state index >= 15 is 0 Å². The van der Waals surface area contributed by atoms with Gasteiger partial charge in [0.15, 0.2) is 0 Å². The van der Waals surface area contributed by atoms with Crippen LogP contribution < -0.4 is 10.1 Å². The van der Waals surface area contributed by atoms with E-state index in [9.17, 15) is 0 Å². The van der Waals surface area contributed by atoms with Crippen molar-refractivity contribution in [2.24, 2.45) is 0 Å². The number of hydrogen-bond acceptors (Lipinski definition) is 2. The van der Waals surface area contributed by atoms with Gasteiger partial charge < -0.3 is 10.1 Å². The third kappa shape index (κ3) is 4.33. The van der Waals surface area contributed by atoms with Crippen LogP contribution in [-0.2, 0) is 13.2 Å². The van der Waals surface area contributed by atoms with Gasteiger partial charge in [0.25, 0.3) is 0 Å². The summed E-state index contributed by atoms with van der Waals surface area (Å²) in [5.74, 6) is 0.853. The Kier molecular flexibility index (Phi) is 6.07.